The lowest BCUT2D eigenvalue weighted by Gasteiger charge is -2.25. The fourth-order valence-corrected chi connectivity index (χ4v) is 3.54. The lowest BCUT2D eigenvalue weighted by atomic mass is 10.1. The molecule has 0 fully saturated rings. The van der Waals surface area contributed by atoms with Gasteiger partial charge in [0.2, 0.25) is 11.7 Å². The molecule has 2 heterocycles. The van der Waals surface area contributed by atoms with Crippen LogP contribution in [0.2, 0.25) is 0 Å². The Morgan fingerprint density at radius 1 is 1.18 bits per heavy atom. The van der Waals surface area contributed by atoms with E-state index in [1.165, 1.54) is 0 Å². The van der Waals surface area contributed by atoms with Gasteiger partial charge < -0.3 is 14.7 Å². The molecule has 0 saturated heterocycles. The third-order valence-electron chi connectivity index (χ3n) is 4.74. The normalized spacial score (nSPS) is 11.9. The van der Waals surface area contributed by atoms with Gasteiger partial charge in [0.1, 0.15) is 0 Å². The van der Waals surface area contributed by atoms with Crippen molar-refractivity contribution < 1.29 is 9.32 Å². The van der Waals surface area contributed by atoms with Crippen molar-refractivity contribution >= 4 is 17.4 Å². The summed E-state index contributed by atoms with van der Waals surface area (Å²) >= 11 is 1.60. The van der Waals surface area contributed by atoms with Crippen molar-refractivity contribution in [3.8, 4) is 10.7 Å². The largest absolute Gasteiger partial charge is 0.339 e. The lowest BCUT2D eigenvalue weighted by molar-refractivity contribution is 0.194. The number of nitrogens with one attached hydrogen (secondary N) is 1. The second kappa shape index (κ2) is 10.0. The van der Waals surface area contributed by atoms with E-state index in [1.807, 2.05) is 61.8 Å². The number of hydrogen-bond acceptors (Lipinski definition) is 5. The molecule has 0 aliphatic heterocycles. The summed E-state index contributed by atoms with van der Waals surface area (Å²) in [4.78, 5) is 19.5. The minimum Gasteiger partial charge on any atom is -0.339 e. The number of benzene rings is 1. The smallest absolute Gasteiger partial charge is 0.317 e. The van der Waals surface area contributed by atoms with Crippen molar-refractivity contribution in [3.05, 3.63) is 59.3 Å². The quantitative estimate of drug-likeness (QED) is 0.520. The van der Waals surface area contributed by atoms with Crippen LogP contribution in [0.15, 0.2) is 52.4 Å². The summed E-state index contributed by atoms with van der Waals surface area (Å²) in [6.45, 7) is 2.69. The van der Waals surface area contributed by atoms with Crippen LogP contribution < -0.4 is 5.32 Å². The molecule has 0 radical (unpaired) electrons. The standard InChI is InChI=1S/C21H26N4O2S/c1-16(17-10-5-3-6-11-17)25(2)21(26)22-14-8-4-7-13-19-23-20(24-27-19)18-12-9-15-28-18/h3,5-6,9-12,15-16H,4,7-8,13-14H2,1-2H3,(H,22,26). The van der Waals surface area contributed by atoms with Crippen molar-refractivity contribution in [2.45, 2.75) is 38.6 Å². The van der Waals surface area contributed by atoms with Crippen molar-refractivity contribution in [2.24, 2.45) is 0 Å². The first-order chi connectivity index (χ1) is 13.6. The molecule has 28 heavy (non-hydrogen) atoms. The van der Waals surface area contributed by atoms with Gasteiger partial charge in [0.15, 0.2) is 0 Å². The molecular weight excluding hydrogens is 372 g/mol. The van der Waals surface area contributed by atoms with Gasteiger partial charge >= 0.3 is 6.03 Å². The van der Waals surface area contributed by atoms with Gasteiger partial charge in [-0.2, -0.15) is 4.98 Å². The van der Waals surface area contributed by atoms with Gasteiger partial charge in [0, 0.05) is 20.0 Å². The fraction of sp³-hybridized carbons (Fsp3) is 0.381. The predicted octanol–water partition coefficient (Wildman–Crippen LogP) is 4.91. The zero-order chi connectivity index (χ0) is 19.8. The van der Waals surface area contributed by atoms with Crippen molar-refractivity contribution in [1.82, 2.24) is 20.4 Å². The summed E-state index contributed by atoms with van der Waals surface area (Å²) in [5, 5.41) is 9.01. The zero-order valence-electron chi connectivity index (χ0n) is 16.3. The SMILES string of the molecule is CC(c1ccccc1)N(C)C(=O)NCCCCCc1nc(-c2cccs2)no1. The third-order valence-corrected chi connectivity index (χ3v) is 5.60. The monoisotopic (exact) mass is 398 g/mol. The molecule has 2 amide bonds. The van der Waals surface area contributed by atoms with Crippen LogP contribution >= 0.6 is 11.3 Å². The van der Waals surface area contributed by atoms with Crippen LogP contribution in [0.25, 0.3) is 10.7 Å². The van der Waals surface area contributed by atoms with Crippen molar-refractivity contribution in [2.75, 3.05) is 13.6 Å². The van der Waals surface area contributed by atoms with Gasteiger partial charge in [0.25, 0.3) is 0 Å². The Bertz CT molecular complexity index is 848. The van der Waals surface area contributed by atoms with Crippen molar-refractivity contribution in [3.63, 3.8) is 0 Å². The molecule has 0 aliphatic carbocycles. The van der Waals surface area contributed by atoms with Crippen LogP contribution in [0, 0.1) is 0 Å². The molecule has 2 aromatic heterocycles. The highest BCUT2D eigenvalue weighted by atomic mass is 32.1. The van der Waals surface area contributed by atoms with E-state index in [0.717, 1.165) is 36.1 Å². The summed E-state index contributed by atoms with van der Waals surface area (Å²) in [7, 11) is 1.83. The van der Waals surface area contributed by atoms with E-state index in [9.17, 15) is 4.79 Å². The van der Waals surface area contributed by atoms with E-state index in [4.69, 9.17) is 4.52 Å². The number of aryl methyl sites for hydroxylation is 1. The molecule has 0 saturated carbocycles. The maximum Gasteiger partial charge on any atom is 0.317 e. The second-order valence-corrected chi connectivity index (χ2v) is 7.68. The number of aromatic nitrogens is 2. The zero-order valence-corrected chi connectivity index (χ0v) is 17.1. The Hall–Kier alpha value is -2.67. The van der Waals surface area contributed by atoms with Crippen LogP contribution in [0.4, 0.5) is 4.79 Å². The van der Waals surface area contributed by atoms with E-state index in [0.29, 0.717) is 18.3 Å². The Kier molecular flexibility index (Phi) is 7.19. The highest BCUT2D eigenvalue weighted by Crippen LogP contribution is 2.21. The topological polar surface area (TPSA) is 71.3 Å². The molecule has 7 heteroatoms. The molecule has 3 rings (SSSR count). The molecule has 1 unspecified atom stereocenters. The second-order valence-electron chi connectivity index (χ2n) is 6.73. The van der Waals surface area contributed by atoms with Gasteiger partial charge in [-0.25, -0.2) is 4.79 Å². The summed E-state index contributed by atoms with van der Waals surface area (Å²) < 4.78 is 5.30. The minimum atomic E-state index is -0.0474. The van der Waals surface area contributed by atoms with Crippen LogP contribution in [0.5, 0.6) is 0 Å². The first-order valence-corrected chi connectivity index (χ1v) is 10.4. The van der Waals surface area contributed by atoms with E-state index in [-0.39, 0.29) is 12.1 Å². The minimum absolute atomic E-state index is 0.0382. The van der Waals surface area contributed by atoms with Gasteiger partial charge in [0.05, 0.1) is 10.9 Å². The Labute approximate surface area is 169 Å². The maximum absolute atomic E-state index is 12.3. The summed E-state index contributed by atoms with van der Waals surface area (Å²) in [6.07, 6.45) is 3.63. The van der Waals surface area contributed by atoms with Crippen LogP contribution in [0.1, 0.15) is 43.7 Å². The highest BCUT2D eigenvalue weighted by Gasteiger charge is 2.16. The molecule has 1 N–H and O–H groups in total. The number of amides is 2. The molecule has 6 nitrogen and oxygen atoms in total. The van der Waals surface area contributed by atoms with Gasteiger partial charge in [-0.05, 0) is 36.8 Å². The van der Waals surface area contributed by atoms with Gasteiger partial charge in [-0.15, -0.1) is 11.3 Å². The lowest BCUT2D eigenvalue weighted by Crippen LogP contribution is -2.39. The van der Waals surface area contributed by atoms with Crippen LogP contribution in [-0.2, 0) is 6.42 Å². The number of unbranched alkanes of at least 4 members (excludes halogenated alkanes) is 2. The third kappa shape index (κ3) is 5.42. The van der Waals surface area contributed by atoms with E-state index in [2.05, 4.69) is 15.5 Å². The number of carbonyl (C=O) groups is 1. The maximum atomic E-state index is 12.3. The average Bonchev–Trinajstić information content (AvgIpc) is 3.41. The number of rotatable bonds is 9. The molecule has 148 valence electrons. The van der Waals surface area contributed by atoms with E-state index >= 15 is 0 Å². The molecule has 0 aliphatic rings. The number of thiophene rings is 1. The summed E-state index contributed by atoms with van der Waals surface area (Å²) in [5.41, 5.74) is 1.13. The predicted molar refractivity (Wildman–Crippen MR) is 111 cm³/mol. The Balaban J connectivity index is 1.32. The number of urea groups is 1. The molecule has 3 aromatic rings. The number of nitrogens with zero attached hydrogens (tertiary/aromatic N) is 3. The molecule has 1 aromatic carbocycles. The Morgan fingerprint density at radius 3 is 2.75 bits per heavy atom. The Morgan fingerprint density at radius 2 is 2.00 bits per heavy atom. The molecule has 1 atom stereocenters. The fourth-order valence-electron chi connectivity index (χ4n) is 2.89. The van der Waals surface area contributed by atoms with Gasteiger partial charge in [-0.1, -0.05) is 48.0 Å². The molecular formula is C21H26N4O2S. The highest BCUT2D eigenvalue weighted by molar-refractivity contribution is 7.13. The molecule has 0 spiro atoms. The van der Waals surface area contributed by atoms with Crippen LogP contribution in [-0.4, -0.2) is 34.7 Å². The van der Waals surface area contributed by atoms with Crippen molar-refractivity contribution in [1.29, 1.82) is 0 Å². The van der Waals surface area contributed by atoms with E-state index < -0.39 is 0 Å². The first-order valence-electron chi connectivity index (χ1n) is 9.57. The van der Waals surface area contributed by atoms with Crippen LogP contribution in [0.3, 0.4) is 0 Å². The first kappa shape index (κ1) is 20.1. The van der Waals surface area contributed by atoms with Gasteiger partial charge in [-0.3, -0.25) is 0 Å². The summed E-state index contributed by atoms with van der Waals surface area (Å²) in [5.74, 6) is 1.33. The summed E-state index contributed by atoms with van der Waals surface area (Å²) in [6, 6.07) is 14.0. The average molecular weight is 399 g/mol. The van der Waals surface area contributed by atoms with E-state index in [1.54, 1.807) is 16.2 Å². The number of carbonyl (C=O) groups excluding carboxylic acids is 1. The molecule has 0 bridgehead atoms. The number of hydrogen-bond donors (Lipinski definition) is 1.